The number of rotatable bonds is 8. The van der Waals surface area contributed by atoms with E-state index in [4.69, 9.17) is 4.74 Å². The summed E-state index contributed by atoms with van der Waals surface area (Å²) >= 11 is 0. The van der Waals surface area contributed by atoms with Crippen LogP contribution in [-0.4, -0.2) is 33.5 Å². The summed E-state index contributed by atoms with van der Waals surface area (Å²) in [7, 11) is 0. The van der Waals surface area contributed by atoms with Crippen molar-refractivity contribution in [2.24, 2.45) is 0 Å². The summed E-state index contributed by atoms with van der Waals surface area (Å²) in [6, 6.07) is 9.65. The van der Waals surface area contributed by atoms with Gasteiger partial charge >= 0.3 is 5.97 Å². The Morgan fingerprint density at radius 3 is 2.45 bits per heavy atom. The van der Waals surface area contributed by atoms with Gasteiger partial charge in [0.1, 0.15) is 13.0 Å². The van der Waals surface area contributed by atoms with E-state index in [2.05, 4.69) is 0 Å². The van der Waals surface area contributed by atoms with E-state index in [0.29, 0.717) is 5.56 Å². The molecule has 0 radical (unpaired) electrons. The molecule has 0 spiro atoms. The Labute approximate surface area is 166 Å². The molecule has 0 saturated carbocycles. The molecule has 1 aliphatic heterocycles. The monoisotopic (exact) mass is 398 g/mol. The summed E-state index contributed by atoms with van der Waals surface area (Å²) < 4.78 is 7.03. The molecule has 1 saturated heterocycles. The summed E-state index contributed by atoms with van der Waals surface area (Å²) in [4.78, 5) is 48.8. The number of hydrogen-bond donors (Lipinski definition) is 0. The lowest BCUT2D eigenvalue weighted by atomic mass is 10.00. The Morgan fingerprint density at radius 1 is 1.24 bits per heavy atom. The number of nitrogens with zero attached hydrogens (tertiary/aromatic N) is 3. The van der Waals surface area contributed by atoms with Gasteiger partial charge in [0, 0.05) is 30.7 Å². The van der Waals surface area contributed by atoms with Crippen LogP contribution in [-0.2, 0) is 25.7 Å². The molecule has 1 amide bonds. The van der Waals surface area contributed by atoms with Crippen LogP contribution in [0.25, 0.3) is 0 Å². The molecule has 1 aromatic heterocycles. The van der Waals surface area contributed by atoms with Gasteiger partial charge in [0.25, 0.3) is 5.69 Å². The number of aromatic nitrogens is 1. The van der Waals surface area contributed by atoms with Gasteiger partial charge in [-0.05, 0) is 17.7 Å². The van der Waals surface area contributed by atoms with Crippen molar-refractivity contribution in [3.8, 4) is 0 Å². The van der Waals surface area contributed by atoms with E-state index in [-0.39, 0.29) is 31.0 Å². The average molecular weight is 398 g/mol. The lowest BCUT2D eigenvalue weighted by Crippen LogP contribution is -2.66. The van der Waals surface area contributed by atoms with Gasteiger partial charge in [-0.3, -0.25) is 24.6 Å². The predicted molar refractivity (Wildman–Crippen MR) is 99.1 cm³/mol. The number of pyridine rings is 1. The smallest absolute Gasteiger partial charge is 0.337 e. The number of carbonyl (C=O) groups is 3. The summed E-state index contributed by atoms with van der Waals surface area (Å²) in [6.45, 7) is 1.46. The number of benzene rings is 1. The first kappa shape index (κ1) is 20.1. The molecular weight excluding hydrogens is 378 g/mol. The molecule has 1 aromatic carbocycles. The Kier molecular flexibility index (Phi) is 5.96. The first-order valence-corrected chi connectivity index (χ1v) is 9.12. The largest absolute Gasteiger partial charge is 0.459 e. The van der Waals surface area contributed by atoms with Crippen LogP contribution in [0.1, 0.15) is 31.5 Å². The molecule has 9 nitrogen and oxygen atoms in total. The highest BCUT2D eigenvalue weighted by Gasteiger charge is 2.52. The van der Waals surface area contributed by atoms with Gasteiger partial charge in [-0.1, -0.05) is 13.0 Å². The van der Waals surface area contributed by atoms with Crippen LogP contribution in [0.5, 0.6) is 0 Å². The van der Waals surface area contributed by atoms with Gasteiger partial charge < -0.3 is 4.74 Å². The Morgan fingerprint density at radius 2 is 1.90 bits per heavy atom. The second-order valence-corrected chi connectivity index (χ2v) is 6.56. The number of β-lactam (4-membered cyclic amide) rings is 1. The van der Waals surface area contributed by atoms with E-state index in [1.54, 1.807) is 36.0 Å². The molecule has 150 valence electrons. The SMILES string of the molecule is CCC(=O)C(C(=O)OCc1ccc([N+](=O)[O-])cc1)N1C(=O)CC1[n+]1ccccc1. The fourth-order valence-corrected chi connectivity index (χ4v) is 3.13. The number of carbonyl (C=O) groups excluding carboxylic acids is 3. The third-order valence-electron chi connectivity index (χ3n) is 4.73. The standard InChI is InChI=1S/C20H20N3O6/c1-2-16(24)19(22-17(12-18(22)25)21-10-4-3-5-11-21)20(26)29-13-14-6-8-15(9-7-14)23(27)28/h3-11,17,19H,2,12-13H2,1H3/q+1. The number of non-ortho nitro benzene ring substituents is 1. The Balaban J connectivity index is 1.74. The van der Waals surface area contributed by atoms with Crippen LogP contribution < -0.4 is 4.57 Å². The molecule has 29 heavy (non-hydrogen) atoms. The van der Waals surface area contributed by atoms with E-state index in [1.807, 2.05) is 6.07 Å². The van der Waals surface area contributed by atoms with Crippen molar-refractivity contribution >= 4 is 23.3 Å². The highest BCUT2D eigenvalue weighted by Crippen LogP contribution is 2.29. The van der Waals surface area contributed by atoms with Crippen molar-refractivity contribution in [3.05, 3.63) is 70.5 Å². The normalized spacial score (nSPS) is 16.7. The van der Waals surface area contributed by atoms with Crippen LogP contribution in [0.15, 0.2) is 54.9 Å². The number of amides is 1. The number of nitro benzene ring substituents is 1. The quantitative estimate of drug-likeness (QED) is 0.167. The first-order valence-electron chi connectivity index (χ1n) is 9.12. The molecule has 2 aromatic rings. The Hall–Kier alpha value is -3.62. The number of hydrogen-bond acceptors (Lipinski definition) is 6. The average Bonchev–Trinajstić information content (AvgIpc) is 2.74. The van der Waals surface area contributed by atoms with Crippen molar-refractivity contribution < 1.29 is 28.6 Å². The van der Waals surface area contributed by atoms with Crippen molar-refractivity contribution in [1.82, 2.24) is 4.90 Å². The molecule has 9 heteroatoms. The summed E-state index contributed by atoms with van der Waals surface area (Å²) in [5.74, 6) is -1.52. The second-order valence-electron chi connectivity index (χ2n) is 6.56. The molecule has 1 fully saturated rings. The van der Waals surface area contributed by atoms with Crippen LogP contribution in [0.4, 0.5) is 5.69 Å². The number of esters is 1. The van der Waals surface area contributed by atoms with Crippen molar-refractivity contribution in [2.45, 2.75) is 38.6 Å². The lowest BCUT2D eigenvalue weighted by Gasteiger charge is -2.39. The van der Waals surface area contributed by atoms with Crippen LogP contribution >= 0.6 is 0 Å². The highest BCUT2D eigenvalue weighted by molar-refractivity contribution is 6.06. The molecule has 2 heterocycles. The van der Waals surface area contributed by atoms with Crippen molar-refractivity contribution in [1.29, 1.82) is 0 Å². The van der Waals surface area contributed by atoms with Gasteiger partial charge in [-0.15, -0.1) is 0 Å². The molecule has 0 N–H and O–H groups in total. The Bertz CT molecular complexity index is 929. The second kappa shape index (κ2) is 8.59. The zero-order valence-electron chi connectivity index (χ0n) is 15.8. The molecular formula is C20H20N3O6+. The first-order chi connectivity index (χ1) is 13.9. The van der Waals surface area contributed by atoms with E-state index in [9.17, 15) is 24.5 Å². The van der Waals surface area contributed by atoms with Gasteiger partial charge in [-0.25, -0.2) is 4.79 Å². The van der Waals surface area contributed by atoms with Crippen LogP contribution in [0.3, 0.4) is 0 Å². The number of nitro groups is 1. The van der Waals surface area contributed by atoms with E-state index in [1.165, 1.54) is 29.2 Å². The third kappa shape index (κ3) is 4.29. The zero-order valence-corrected chi connectivity index (χ0v) is 15.8. The van der Waals surface area contributed by atoms with E-state index >= 15 is 0 Å². The third-order valence-corrected chi connectivity index (χ3v) is 4.73. The van der Waals surface area contributed by atoms with Gasteiger partial charge in [0.05, 0.1) is 4.92 Å². The topological polar surface area (TPSA) is 111 Å². The number of Topliss-reactive ketones (excluding diaryl/α,β-unsaturated/α-hetero) is 1. The van der Waals surface area contributed by atoms with Gasteiger partial charge in [-0.2, -0.15) is 4.57 Å². The summed E-state index contributed by atoms with van der Waals surface area (Å²) in [5, 5.41) is 10.7. The van der Waals surface area contributed by atoms with E-state index < -0.39 is 28.9 Å². The van der Waals surface area contributed by atoms with Gasteiger partial charge in [0.2, 0.25) is 12.1 Å². The summed E-state index contributed by atoms with van der Waals surface area (Å²) in [5.41, 5.74) is 0.462. The number of likely N-dealkylation sites (tertiary alicyclic amines) is 1. The predicted octanol–water partition coefficient (Wildman–Crippen LogP) is 1.70. The van der Waals surface area contributed by atoms with Gasteiger partial charge in [0.15, 0.2) is 24.2 Å². The molecule has 1 aliphatic rings. The molecule has 0 bridgehead atoms. The molecule has 2 unspecified atom stereocenters. The molecule has 3 rings (SSSR count). The number of ether oxygens (including phenoxy) is 1. The maximum atomic E-state index is 12.7. The minimum absolute atomic E-state index is 0.0759. The highest BCUT2D eigenvalue weighted by atomic mass is 16.6. The maximum absolute atomic E-state index is 12.7. The van der Waals surface area contributed by atoms with Crippen molar-refractivity contribution in [2.75, 3.05) is 0 Å². The maximum Gasteiger partial charge on any atom is 0.337 e. The zero-order chi connectivity index (χ0) is 21.0. The minimum Gasteiger partial charge on any atom is -0.459 e. The molecule has 2 atom stereocenters. The van der Waals surface area contributed by atoms with Crippen LogP contribution in [0.2, 0.25) is 0 Å². The minimum atomic E-state index is -1.32. The molecule has 0 aliphatic carbocycles. The number of ketones is 1. The fraction of sp³-hybridized carbons (Fsp3) is 0.300. The van der Waals surface area contributed by atoms with Crippen LogP contribution in [0, 0.1) is 10.1 Å². The summed E-state index contributed by atoms with van der Waals surface area (Å²) in [6.07, 6.45) is 3.36. The lowest BCUT2D eigenvalue weighted by molar-refractivity contribution is -0.747. The fourth-order valence-electron chi connectivity index (χ4n) is 3.13. The van der Waals surface area contributed by atoms with E-state index in [0.717, 1.165) is 0 Å². The van der Waals surface area contributed by atoms with Crippen molar-refractivity contribution in [3.63, 3.8) is 0 Å².